The van der Waals surface area contributed by atoms with E-state index in [1.165, 1.54) is 0 Å². The van der Waals surface area contributed by atoms with Crippen LogP contribution < -0.4 is 11.1 Å². The lowest BCUT2D eigenvalue weighted by molar-refractivity contribution is -0.117. The molecule has 1 amide bonds. The van der Waals surface area contributed by atoms with Gasteiger partial charge >= 0.3 is 0 Å². The van der Waals surface area contributed by atoms with Crippen LogP contribution in [0.5, 0.6) is 0 Å². The zero-order chi connectivity index (χ0) is 13.8. The molecule has 0 spiro atoms. The molecule has 2 aromatic carbocycles. The van der Waals surface area contributed by atoms with Crippen LogP contribution in [0.25, 0.3) is 10.8 Å². The normalized spacial score (nSPS) is 13.2. The number of fused-ring (bicyclic) bond motifs is 1. The fourth-order valence-corrected chi connectivity index (χ4v) is 1.74. The Labute approximate surface area is 110 Å². The number of anilines is 1. The SMILES string of the molecule is CC(C(=O)Nc1ccc2ccccc2c1)C(N)=NO. The Morgan fingerprint density at radius 2 is 1.95 bits per heavy atom. The first-order chi connectivity index (χ1) is 9.11. The minimum atomic E-state index is -0.684. The first-order valence-corrected chi connectivity index (χ1v) is 5.89. The van der Waals surface area contributed by atoms with Crippen LogP contribution in [0.15, 0.2) is 47.6 Å². The Hall–Kier alpha value is -2.56. The molecule has 0 saturated carbocycles. The molecule has 4 N–H and O–H groups in total. The van der Waals surface area contributed by atoms with Gasteiger partial charge in [0.25, 0.3) is 0 Å². The third-order valence-corrected chi connectivity index (χ3v) is 2.97. The summed E-state index contributed by atoms with van der Waals surface area (Å²) >= 11 is 0. The fourth-order valence-electron chi connectivity index (χ4n) is 1.74. The molecule has 0 aliphatic carbocycles. The monoisotopic (exact) mass is 257 g/mol. The zero-order valence-electron chi connectivity index (χ0n) is 10.5. The van der Waals surface area contributed by atoms with Crippen molar-refractivity contribution in [2.24, 2.45) is 16.8 Å². The second-order valence-corrected chi connectivity index (χ2v) is 4.30. The number of rotatable bonds is 3. The van der Waals surface area contributed by atoms with E-state index in [0.717, 1.165) is 10.8 Å². The van der Waals surface area contributed by atoms with E-state index in [2.05, 4.69) is 10.5 Å². The summed E-state index contributed by atoms with van der Waals surface area (Å²) in [5.74, 6) is -1.11. The van der Waals surface area contributed by atoms with Gasteiger partial charge in [0, 0.05) is 5.69 Å². The van der Waals surface area contributed by atoms with Gasteiger partial charge in [0.1, 0.15) is 0 Å². The molecule has 5 heteroatoms. The van der Waals surface area contributed by atoms with Crippen LogP contribution >= 0.6 is 0 Å². The molecule has 5 nitrogen and oxygen atoms in total. The molecule has 2 rings (SSSR count). The molecule has 0 saturated heterocycles. The summed E-state index contributed by atoms with van der Waals surface area (Å²) in [6, 6.07) is 13.5. The highest BCUT2D eigenvalue weighted by Gasteiger charge is 2.17. The van der Waals surface area contributed by atoms with Crippen molar-refractivity contribution in [1.82, 2.24) is 0 Å². The second kappa shape index (κ2) is 5.39. The lowest BCUT2D eigenvalue weighted by atomic mass is 10.1. The summed E-state index contributed by atoms with van der Waals surface area (Å²) in [6.45, 7) is 1.57. The van der Waals surface area contributed by atoms with Crippen LogP contribution in [0.2, 0.25) is 0 Å². The predicted octanol–water partition coefficient (Wildman–Crippen LogP) is 2.16. The Morgan fingerprint density at radius 3 is 2.63 bits per heavy atom. The summed E-state index contributed by atoms with van der Waals surface area (Å²) in [5.41, 5.74) is 6.08. The number of carbonyl (C=O) groups excluding carboxylic acids is 1. The molecule has 0 aliphatic heterocycles. The van der Waals surface area contributed by atoms with Gasteiger partial charge in [0.15, 0.2) is 5.84 Å². The molecule has 0 aromatic heterocycles. The minimum Gasteiger partial charge on any atom is -0.409 e. The van der Waals surface area contributed by atoms with Crippen molar-refractivity contribution in [2.75, 3.05) is 5.32 Å². The standard InChI is InChI=1S/C14H15N3O2/c1-9(13(15)17-19)14(18)16-12-7-6-10-4-2-3-5-11(10)8-12/h2-9,19H,1H3,(H2,15,17)(H,16,18). The van der Waals surface area contributed by atoms with Crippen molar-refractivity contribution >= 4 is 28.2 Å². The third kappa shape index (κ3) is 2.82. The number of nitrogens with one attached hydrogen (secondary N) is 1. The van der Waals surface area contributed by atoms with E-state index >= 15 is 0 Å². The van der Waals surface area contributed by atoms with Gasteiger partial charge in [-0.3, -0.25) is 4.79 Å². The maximum absolute atomic E-state index is 11.9. The van der Waals surface area contributed by atoms with E-state index in [1.807, 2.05) is 42.5 Å². The van der Waals surface area contributed by atoms with Gasteiger partial charge in [0.05, 0.1) is 5.92 Å². The number of amidine groups is 1. The Kier molecular flexibility index (Phi) is 3.66. The van der Waals surface area contributed by atoms with Crippen molar-refractivity contribution in [1.29, 1.82) is 0 Å². The molecule has 19 heavy (non-hydrogen) atoms. The van der Waals surface area contributed by atoms with Crippen molar-refractivity contribution < 1.29 is 10.0 Å². The number of nitrogens with two attached hydrogens (primary N) is 1. The second-order valence-electron chi connectivity index (χ2n) is 4.30. The zero-order valence-corrected chi connectivity index (χ0v) is 10.5. The Bertz CT molecular complexity index is 637. The summed E-state index contributed by atoms with van der Waals surface area (Å²) in [5, 5.41) is 16.3. The van der Waals surface area contributed by atoms with E-state index in [-0.39, 0.29) is 11.7 Å². The lowest BCUT2D eigenvalue weighted by Crippen LogP contribution is -2.32. The average Bonchev–Trinajstić information content (AvgIpc) is 2.45. The van der Waals surface area contributed by atoms with Gasteiger partial charge < -0.3 is 16.3 Å². The first kappa shape index (κ1) is 12.9. The Balaban J connectivity index is 2.19. The van der Waals surface area contributed by atoms with Crippen LogP contribution in [0, 0.1) is 5.92 Å². The van der Waals surface area contributed by atoms with E-state index < -0.39 is 5.92 Å². The largest absolute Gasteiger partial charge is 0.409 e. The number of oxime groups is 1. The lowest BCUT2D eigenvalue weighted by Gasteiger charge is -2.11. The number of benzene rings is 2. The van der Waals surface area contributed by atoms with Crippen LogP contribution in [-0.2, 0) is 4.79 Å². The number of amides is 1. The Morgan fingerprint density at radius 1 is 1.26 bits per heavy atom. The quantitative estimate of drug-likeness (QED) is 0.341. The van der Waals surface area contributed by atoms with Gasteiger partial charge in [-0.15, -0.1) is 0 Å². The maximum Gasteiger partial charge on any atom is 0.234 e. The maximum atomic E-state index is 11.9. The minimum absolute atomic E-state index is 0.113. The summed E-state index contributed by atoms with van der Waals surface area (Å²) in [6.07, 6.45) is 0. The van der Waals surface area contributed by atoms with Gasteiger partial charge in [-0.2, -0.15) is 0 Å². The highest BCUT2D eigenvalue weighted by molar-refractivity contribution is 6.07. The first-order valence-electron chi connectivity index (χ1n) is 5.89. The molecule has 1 atom stereocenters. The number of hydrogen-bond donors (Lipinski definition) is 3. The van der Waals surface area contributed by atoms with Crippen molar-refractivity contribution in [3.63, 3.8) is 0 Å². The number of hydrogen-bond acceptors (Lipinski definition) is 3. The fraction of sp³-hybridized carbons (Fsp3) is 0.143. The predicted molar refractivity (Wildman–Crippen MR) is 75.2 cm³/mol. The summed E-state index contributed by atoms with van der Waals surface area (Å²) in [7, 11) is 0. The van der Waals surface area contributed by atoms with Crippen LogP contribution in [-0.4, -0.2) is 17.0 Å². The van der Waals surface area contributed by atoms with E-state index in [1.54, 1.807) is 6.92 Å². The van der Waals surface area contributed by atoms with Crippen LogP contribution in [0.1, 0.15) is 6.92 Å². The van der Waals surface area contributed by atoms with Crippen molar-refractivity contribution in [3.05, 3.63) is 42.5 Å². The number of carbonyl (C=O) groups is 1. The van der Waals surface area contributed by atoms with E-state index in [4.69, 9.17) is 10.9 Å². The van der Waals surface area contributed by atoms with Crippen molar-refractivity contribution in [3.8, 4) is 0 Å². The molecular formula is C14H15N3O2. The van der Waals surface area contributed by atoms with Gasteiger partial charge in [-0.05, 0) is 29.8 Å². The van der Waals surface area contributed by atoms with Crippen LogP contribution in [0.4, 0.5) is 5.69 Å². The molecule has 0 bridgehead atoms. The van der Waals surface area contributed by atoms with Crippen molar-refractivity contribution in [2.45, 2.75) is 6.92 Å². The van der Waals surface area contributed by atoms with Crippen LogP contribution in [0.3, 0.4) is 0 Å². The smallest absolute Gasteiger partial charge is 0.234 e. The molecule has 0 fully saturated rings. The third-order valence-electron chi connectivity index (χ3n) is 2.97. The highest BCUT2D eigenvalue weighted by atomic mass is 16.4. The molecule has 1 unspecified atom stereocenters. The number of nitrogens with zero attached hydrogens (tertiary/aromatic N) is 1. The average molecular weight is 257 g/mol. The summed E-state index contributed by atoms with van der Waals surface area (Å²) in [4.78, 5) is 11.9. The molecule has 2 aromatic rings. The molecular weight excluding hydrogens is 242 g/mol. The van der Waals surface area contributed by atoms with Gasteiger partial charge in [0.2, 0.25) is 5.91 Å². The topological polar surface area (TPSA) is 87.7 Å². The molecule has 98 valence electrons. The highest BCUT2D eigenvalue weighted by Crippen LogP contribution is 2.19. The van der Waals surface area contributed by atoms with E-state index in [0.29, 0.717) is 5.69 Å². The van der Waals surface area contributed by atoms with E-state index in [9.17, 15) is 4.79 Å². The molecule has 0 radical (unpaired) electrons. The van der Waals surface area contributed by atoms with Gasteiger partial charge in [-0.25, -0.2) is 0 Å². The van der Waals surface area contributed by atoms with Gasteiger partial charge in [-0.1, -0.05) is 35.5 Å². The molecule has 0 heterocycles. The summed E-state index contributed by atoms with van der Waals surface area (Å²) < 4.78 is 0. The molecule has 0 aliphatic rings.